The van der Waals surface area contributed by atoms with E-state index in [1.165, 1.54) is 11.1 Å². The molecule has 0 unspecified atom stereocenters. The summed E-state index contributed by atoms with van der Waals surface area (Å²) in [4.78, 5) is 2.27. The summed E-state index contributed by atoms with van der Waals surface area (Å²) in [5, 5.41) is 3.40. The van der Waals surface area contributed by atoms with Gasteiger partial charge in [-0.2, -0.15) is 0 Å². The van der Waals surface area contributed by atoms with E-state index in [4.69, 9.17) is 4.42 Å². The second-order valence-corrected chi connectivity index (χ2v) is 6.01. The molecule has 3 heteroatoms. The van der Waals surface area contributed by atoms with E-state index < -0.39 is 0 Å². The van der Waals surface area contributed by atoms with Crippen LogP contribution in [0.3, 0.4) is 0 Å². The largest absolute Gasteiger partial charge is 0.463 e. The first kappa shape index (κ1) is 15.8. The maximum absolute atomic E-state index is 5.97. The summed E-state index contributed by atoms with van der Waals surface area (Å²) in [6.45, 7) is 8.96. The van der Waals surface area contributed by atoms with E-state index in [0.29, 0.717) is 6.04 Å². The van der Waals surface area contributed by atoms with E-state index >= 15 is 0 Å². The van der Waals surface area contributed by atoms with Gasteiger partial charge in [-0.25, -0.2) is 0 Å². The van der Waals surface area contributed by atoms with Gasteiger partial charge < -0.3 is 9.73 Å². The molecule has 0 spiro atoms. The number of hydrogen-bond donors (Lipinski definition) is 1. The van der Waals surface area contributed by atoms with Gasteiger partial charge in [-0.05, 0) is 31.2 Å². The number of benzene rings is 1. The molecule has 1 aromatic carbocycles. The summed E-state index contributed by atoms with van der Waals surface area (Å²) < 4.78 is 5.97. The third kappa shape index (κ3) is 5.03. The number of rotatable bonds is 7. The van der Waals surface area contributed by atoms with Crippen molar-refractivity contribution >= 4 is 0 Å². The lowest BCUT2D eigenvalue weighted by Gasteiger charge is -2.15. The van der Waals surface area contributed by atoms with Gasteiger partial charge in [0.2, 0.25) is 0 Å². The van der Waals surface area contributed by atoms with Crippen molar-refractivity contribution in [1.82, 2.24) is 10.2 Å². The average Bonchev–Trinajstić information content (AvgIpc) is 2.77. The molecule has 0 radical (unpaired) electrons. The fourth-order valence-corrected chi connectivity index (χ4v) is 2.36. The lowest BCUT2D eigenvalue weighted by molar-refractivity contribution is 0.282. The molecule has 0 atom stereocenters. The second-order valence-electron chi connectivity index (χ2n) is 6.01. The molecule has 3 nitrogen and oxygen atoms in total. The van der Waals surface area contributed by atoms with Crippen LogP contribution in [0.5, 0.6) is 0 Å². The summed E-state index contributed by atoms with van der Waals surface area (Å²) in [5.74, 6) is 2.08. The van der Waals surface area contributed by atoms with Crippen LogP contribution in [0.15, 0.2) is 40.8 Å². The molecule has 1 aromatic heterocycles. The third-order valence-corrected chi connectivity index (χ3v) is 3.46. The predicted molar refractivity (Wildman–Crippen MR) is 87.0 cm³/mol. The van der Waals surface area contributed by atoms with Crippen LogP contribution in [0.25, 0.3) is 0 Å². The molecule has 2 aromatic rings. The maximum Gasteiger partial charge on any atom is 0.120 e. The van der Waals surface area contributed by atoms with Crippen molar-refractivity contribution in [3.63, 3.8) is 0 Å². The first-order valence-corrected chi connectivity index (χ1v) is 7.58. The van der Waals surface area contributed by atoms with E-state index in [0.717, 1.165) is 31.2 Å². The van der Waals surface area contributed by atoms with Gasteiger partial charge in [0.05, 0.1) is 13.1 Å². The fourth-order valence-electron chi connectivity index (χ4n) is 2.36. The topological polar surface area (TPSA) is 28.4 Å². The minimum absolute atomic E-state index is 0.471. The maximum atomic E-state index is 5.97. The van der Waals surface area contributed by atoms with Crippen LogP contribution in [0, 0.1) is 6.92 Å². The molecular formula is C18H26N2O. The molecule has 0 amide bonds. The van der Waals surface area contributed by atoms with Gasteiger partial charge in [0.25, 0.3) is 0 Å². The van der Waals surface area contributed by atoms with Crippen LogP contribution in [0.1, 0.15) is 36.5 Å². The minimum atomic E-state index is 0.471. The predicted octanol–water partition coefficient (Wildman–Crippen LogP) is 3.72. The number of hydrogen-bond acceptors (Lipinski definition) is 3. The van der Waals surface area contributed by atoms with Gasteiger partial charge in [-0.1, -0.05) is 44.2 Å². The molecule has 2 rings (SSSR count). The van der Waals surface area contributed by atoms with Crippen LogP contribution in [-0.4, -0.2) is 18.0 Å². The average molecular weight is 286 g/mol. The Balaban J connectivity index is 1.92. The summed E-state index contributed by atoms with van der Waals surface area (Å²) >= 11 is 0. The van der Waals surface area contributed by atoms with Gasteiger partial charge in [0, 0.05) is 12.6 Å². The van der Waals surface area contributed by atoms with E-state index in [-0.39, 0.29) is 0 Å². The molecule has 0 saturated heterocycles. The standard InChI is InChI=1S/C18H26N2O/c1-14(2)19-11-18-15(3)10-17(21-18)13-20(4)12-16-8-6-5-7-9-16/h5-10,14,19H,11-13H2,1-4H3. The zero-order chi connectivity index (χ0) is 15.2. The van der Waals surface area contributed by atoms with Crippen LogP contribution >= 0.6 is 0 Å². The Bertz CT molecular complexity index is 546. The van der Waals surface area contributed by atoms with Gasteiger partial charge in [0.1, 0.15) is 11.5 Å². The Morgan fingerprint density at radius 2 is 1.86 bits per heavy atom. The fraction of sp³-hybridized carbons (Fsp3) is 0.444. The van der Waals surface area contributed by atoms with Crippen molar-refractivity contribution in [2.75, 3.05) is 7.05 Å². The SMILES string of the molecule is Cc1cc(CN(C)Cc2ccccc2)oc1CNC(C)C. The Kier molecular flexibility index (Phi) is 5.59. The summed E-state index contributed by atoms with van der Waals surface area (Å²) in [6.07, 6.45) is 0. The highest BCUT2D eigenvalue weighted by molar-refractivity contribution is 5.20. The zero-order valence-corrected chi connectivity index (χ0v) is 13.5. The number of nitrogens with one attached hydrogen (secondary N) is 1. The van der Waals surface area contributed by atoms with Crippen LogP contribution in [0.4, 0.5) is 0 Å². The Morgan fingerprint density at radius 1 is 1.14 bits per heavy atom. The highest BCUT2D eigenvalue weighted by Gasteiger charge is 2.10. The van der Waals surface area contributed by atoms with E-state index in [1.807, 2.05) is 6.07 Å². The first-order chi connectivity index (χ1) is 10.0. The molecular weight excluding hydrogens is 260 g/mol. The van der Waals surface area contributed by atoms with Crippen molar-refractivity contribution in [2.45, 2.75) is 46.4 Å². The molecule has 0 aliphatic carbocycles. The molecule has 0 aliphatic heterocycles. The van der Waals surface area contributed by atoms with Crippen LogP contribution in [0.2, 0.25) is 0 Å². The number of furan rings is 1. The van der Waals surface area contributed by atoms with E-state index in [1.54, 1.807) is 0 Å². The quantitative estimate of drug-likeness (QED) is 0.841. The molecule has 0 fully saturated rings. The van der Waals surface area contributed by atoms with Gasteiger partial charge in [-0.15, -0.1) is 0 Å². The normalized spacial score (nSPS) is 11.5. The van der Waals surface area contributed by atoms with Gasteiger partial charge in [-0.3, -0.25) is 4.90 Å². The summed E-state index contributed by atoms with van der Waals surface area (Å²) in [5.41, 5.74) is 2.55. The highest BCUT2D eigenvalue weighted by Crippen LogP contribution is 2.17. The lowest BCUT2D eigenvalue weighted by atomic mass is 10.2. The van der Waals surface area contributed by atoms with Crippen molar-refractivity contribution in [3.8, 4) is 0 Å². The van der Waals surface area contributed by atoms with Crippen LogP contribution in [-0.2, 0) is 19.6 Å². The van der Waals surface area contributed by atoms with E-state index in [9.17, 15) is 0 Å². The Hall–Kier alpha value is -1.58. The highest BCUT2D eigenvalue weighted by atomic mass is 16.3. The molecule has 114 valence electrons. The van der Waals surface area contributed by atoms with Crippen molar-refractivity contribution in [2.24, 2.45) is 0 Å². The van der Waals surface area contributed by atoms with E-state index in [2.05, 4.69) is 68.4 Å². The third-order valence-electron chi connectivity index (χ3n) is 3.46. The molecule has 21 heavy (non-hydrogen) atoms. The summed E-state index contributed by atoms with van der Waals surface area (Å²) in [6, 6.07) is 13.1. The Labute approximate surface area is 128 Å². The zero-order valence-electron chi connectivity index (χ0n) is 13.5. The van der Waals surface area contributed by atoms with Crippen LogP contribution < -0.4 is 5.32 Å². The molecule has 0 bridgehead atoms. The van der Waals surface area contributed by atoms with Crippen molar-refractivity contribution in [1.29, 1.82) is 0 Å². The van der Waals surface area contributed by atoms with Crippen molar-refractivity contribution < 1.29 is 4.42 Å². The van der Waals surface area contributed by atoms with Gasteiger partial charge in [0.15, 0.2) is 0 Å². The van der Waals surface area contributed by atoms with Crippen molar-refractivity contribution in [3.05, 3.63) is 59.0 Å². The minimum Gasteiger partial charge on any atom is -0.463 e. The molecule has 1 heterocycles. The monoisotopic (exact) mass is 286 g/mol. The smallest absolute Gasteiger partial charge is 0.120 e. The number of aryl methyl sites for hydroxylation is 1. The lowest BCUT2D eigenvalue weighted by Crippen LogP contribution is -2.21. The van der Waals surface area contributed by atoms with Gasteiger partial charge >= 0.3 is 0 Å². The second kappa shape index (κ2) is 7.43. The molecule has 1 N–H and O–H groups in total. The number of nitrogens with zero attached hydrogens (tertiary/aromatic N) is 1. The Morgan fingerprint density at radius 3 is 2.52 bits per heavy atom. The molecule has 0 saturated carbocycles. The molecule has 0 aliphatic rings. The summed E-state index contributed by atoms with van der Waals surface area (Å²) in [7, 11) is 2.12. The first-order valence-electron chi connectivity index (χ1n) is 7.58.